The minimum atomic E-state index is -1.49. The first-order chi connectivity index (χ1) is 8.56. The molecule has 0 saturated carbocycles. The molecule has 1 fully saturated rings. The van der Waals surface area contributed by atoms with Crippen LogP contribution >= 0.6 is 0 Å². The van der Waals surface area contributed by atoms with Crippen molar-refractivity contribution < 1.29 is 19.2 Å². The number of piperidine rings is 1. The lowest BCUT2D eigenvalue weighted by molar-refractivity contribution is 0.0313. The van der Waals surface area contributed by atoms with Crippen LogP contribution in [0, 0.1) is 0 Å². The highest BCUT2D eigenvalue weighted by Crippen LogP contribution is 2.19. The summed E-state index contributed by atoms with van der Waals surface area (Å²) in [7, 11) is 0.400. The highest BCUT2D eigenvalue weighted by molar-refractivity contribution is 6.58. The van der Waals surface area contributed by atoms with E-state index in [1.54, 1.807) is 24.3 Å². The zero-order valence-electron chi connectivity index (χ0n) is 10.3. The molecule has 0 radical (unpaired) electrons. The number of hydrogen-bond acceptors (Lipinski definition) is 4. The van der Waals surface area contributed by atoms with Crippen LogP contribution < -0.4 is 10.2 Å². The monoisotopic (exact) mass is 253 g/mol. The minimum Gasteiger partial charge on any atom is -0.487 e. The summed E-state index contributed by atoms with van der Waals surface area (Å²) in [6.07, 6.45) is -0.764. The molecule has 6 heteroatoms. The van der Waals surface area contributed by atoms with Crippen molar-refractivity contribution in [2.75, 3.05) is 20.1 Å². The van der Waals surface area contributed by atoms with Crippen LogP contribution in [0.4, 0.5) is 4.39 Å². The maximum atomic E-state index is 13.7. The quantitative estimate of drug-likeness (QED) is 0.732. The summed E-state index contributed by atoms with van der Waals surface area (Å²) in [5.41, 5.74) is 0.391. The highest BCUT2D eigenvalue weighted by atomic mass is 19.1. The van der Waals surface area contributed by atoms with Gasteiger partial charge in [0.2, 0.25) is 0 Å². The second-order valence-corrected chi connectivity index (χ2v) is 4.67. The van der Waals surface area contributed by atoms with Gasteiger partial charge in [0.15, 0.2) is 0 Å². The Morgan fingerprint density at radius 3 is 2.56 bits per heavy atom. The number of ether oxygens (including phenoxy) is 1. The van der Waals surface area contributed by atoms with E-state index in [-0.39, 0.29) is 0 Å². The minimum absolute atomic E-state index is 0.387. The lowest BCUT2D eigenvalue weighted by Gasteiger charge is -2.32. The van der Waals surface area contributed by atoms with E-state index in [4.69, 9.17) is 14.8 Å². The van der Waals surface area contributed by atoms with Crippen LogP contribution in [0.15, 0.2) is 24.3 Å². The molecule has 0 aromatic heterocycles. The van der Waals surface area contributed by atoms with E-state index in [2.05, 4.69) is 0 Å². The first-order valence-corrected chi connectivity index (χ1v) is 6.01. The van der Waals surface area contributed by atoms with Gasteiger partial charge in [-0.3, -0.25) is 0 Å². The van der Waals surface area contributed by atoms with Crippen molar-refractivity contribution in [1.29, 1.82) is 0 Å². The lowest BCUT2D eigenvalue weighted by Crippen LogP contribution is -2.45. The van der Waals surface area contributed by atoms with Crippen molar-refractivity contribution >= 4 is 12.6 Å². The van der Waals surface area contributed by atoms with E-state index in [1.165, 1.54) is 0 Å². The third-order valence-electron chi connectivity index (χ3n) is 3.15. The van der Waals surface area contributed by atoms with Crippen LogP contribution in [0.1, 0.15) is 6.42 Å². The Morgan fingerprint density at radius 1 is 1.33 bits per heavy atom. The average Bonchev–Trinajstić information content (AvgIpc) is 2.33. The Balaban J connectivity index is 1.96. The Hall–Kier alpha value is -1.11. The number of alkyl halides is 1. The maximum absolute atomic E-state index is 13.7. The predicted molar refractivity (Wildman–Crippen MR) is 67.7 cm³/mol. The summed E-state index contributed by atoms with van der Waals surface area (Å²) < 4.78 is 19.3. The normalized spacial score (nSPS) is 24.9. The zero-order chi connectivity index (χ0) is 13.1. The third kappa shape index (κ3) is 3.22. The summed E-state index contributed by atoms with van der Waals surface area (Å²) in [6, 6.07) is 6.37. The number of likely N-dealkylation sites (tertiary alicyclic amines) is 1. The molecule has 2 N–H and O–H groups in total. The Labute approximate surface area is 106 Å². The SMILES string of the molecule is CN1CC[C@H](Oc2ccc(B(O)O)cc2)[C@H](F)C1. The van der Waals surface area contributed by atoms with Crippen molar-refractivity contribution in [3.8, 4) is 5.75 Å². The molecule has 0 unspecified atom stereocenters. The van der Waals surface area contributed by atoms with Gasteiger partial charge in [-0.15, -0.1) is 0 Å². The molecule has 18 heavy (non-hydrogen) atoms. The van der Waals surface area contributed by atoms with Crippen LogP contribution in [0.2, 0.25) is 0 Å². The van der Waals surface area contributed by atoms with E-state index in [0.717, 1.165) is 6.54 Å². The summed E-state index contributed by atoms with van der Waals surface area (Å²) in [5.74, 6) is 0.552. The van der Waals surface area contributed by atoms with Gasteiger partial charge in [-0.05, 0) is 31.1 Å². The second-order valence-electron chi connectivity index (χ2n) is 4.67. The van der Waals surface area contributed by atoms with E-state index >= 15 is 0 Å². The number of nitrogens with zero attached hydrogens (tertiary/aromatic N) is 1. The molecule has 2 rings (SSSR count). The van der Waals surface area contributed by atoms with Gasteiger partial charge in [0, 0.05) is 13.1 Å². The maximum Gasteiger partial charge on any atom is 0.488 e. The topological polar surface area (TPSA) is 52.9 Å². The van der Waals surface area contributed by atoms with Gasteiger partial charge in [0.1, 0.15) is 18.0 Å². The molecule has 0 amide bonds. The van der Waals surface area contributed by atoms with Crippen LogP contribution in [0.5, 0.6) is 5.75 Å². The summed E-state index contributed by atoms with van der Waals surface area (Å²) >= 11 is 0. The van der Waals surface area contributed by atoms with Gasteiger partial charge in [0.05, 0.1) is 0 Å². The van der Waals surface area contributed by atoms with E-state index in [0.29, 0.717) is 24.2 Å². The number of halogens is 1. The number of rotatable bonds is 3. The molecule has 1 heterocycles. The van der Waals surface area contributed by atoms with E-state index < -0.39 is 19.4 Å². The van der Waals surface area contributed by atoms with Crippen LogP contribution in [-0.4, -0.2) is 54.5 Å². The first kappa shape index (κ1) is 13.3. The molecule has 2 atom stereocenters. The molecular weight excluding hydrogens is 236 g/mol. The molecule has 0 bridgehead atoms. The average molecular weight is 253 g/mol. The smallest absolute Gasteiger partial charge is 0.487 e. The van der Waals surface area contributed by atoms with Gasteiger partial charge in [-0.25, -0.2) is 4.39 Å². The standard InChI is InChI=1S/C12H17BFNO3/c1-15-7-6-12(11(14)8-15)18-10-4-2-9(3-5-10)13(16)17/h2-5,11-12,16-17H,6-8H2,1H3/t11-,12+/m1/s1. The summed E-state index contributed by atoms with van der Waals surface area (Å²) in [4.78, 5) is 1.94. The molecule has 1 aromatic carbocycles. The van der Waals surface area contributed by atoms with Crippen molar-refractivity contribution in [1.82, 2.24) is 4.90 Å². The fourth-order valence-corrected chi connectivity index (χ4v) is 2.06. The first-order valence-electron chi connectivity index (χ1n) is 6.01. The van der Waals surface area contributed by atoms with Crippen molar-refractivity contribution in [3.63, 3.8) is 0 Å². The Bertz CT molecular complexity index is 387. The van der Waals surface area contributed by atoms with Gasteiger partial charge < -0.3 is 19.7 Å². The van der Waals surface area contributed by atoms with Gasteiger partial charge in [0.25, 0.3) is 0 Å². The lowest BCUT2D eigenvalue weighted by atomic mass is 9.80. The fraction of sp³-hybridized carbons (Fsp3) is 0.500. The fourth-order valence-electron chi connectivity index (χ4n) is 2.06. The van der Waals surface area contributed by atoms with E-state index in [9.17, 15) is 4.39 Å². The zero-order valence-corrected chi connectivity index (χ0v) is 10.3. The molecule has 4 nitrogen and oxygen atoms in total. The molecule has 98 valence electrons. The largest absolute Gasteiger partial charge is 0.488 e. The predicted octanol–water partition coefficient (Wildman–Crippen LogP) is -0.213. The third-order valence-corrected chi connectivity index (χ3v) is 3.15. The van der Waals surface area contributed by atoms with Crippen molar-refractivity contribution in [2.24, 2.45) is 0 Å². The molecule has 0 spiro atoms. The second kappa shape index (κ2) is 5.69. The highest BCUT2D eigenvalue weighted by Gasteiger charge is 2.29. The number of hydrogen-bond donors (Lipinski definition) is 2. The van der Waals surface area contributed by atoms with Gasteiger partial charge in [-0.2, -0.15) is 0 Å². The van der Waals surface area contributed by atoms with Crippen LogP contribution in [0.3, 0.4) is 0 Å². The Kier molecular flexibility index (Phi) is 4.21. The van der Waals surface area contributed by atoms with Crippen molar-refractivity contribution in [2.45, 2.75) is 18.7 Å². The molecular formula is C12H17BFNO3. The van der Waals surface area contributed by atoms with Gasteiger partial charge in [-0.1, -0.05) is 12.1 Å². The van der Waals surface area contributed by atoms with Gasteiger partial charge >= 0.3 is 7.12 Å². The van der Waals surface area contributed by atoms with E-state index in [1.807, 2.05) is 11.9 Å². The molecule has 1 saturated heterocycles. The molecule has 1 aromatic rings. The molecule has 1 aliphatic heterocycles. The molecule has 1 aliphatic rings. The van der Waals surface area contributed by atoms with Crippen LogP contribution in [0.25, 0.3) is 0 Å². The Morgan fingerprint density at radius 2 is 2.00 bits per heavy atom. The number of benzene rings is 1. The summed E-state index contributed by atoms with van der Waals surface area (Å²) in [6.45, 7) is 1.20. The van der Waals surface area contributed by atoms with Crippen molar-refractivity contribution in [3.05, 3.63) is 24.3 Å². The van der Waals surface area contributed by atoms with Crippen LogP contribution in [-0.2, 0) is 0 Å². The summed E-state index contributed by atoms with van der Waals surface area (Å²) in [5, 5.41) is 17.9. The molecule has 0 aliphatic carbocycles.